The fourth-order valence-corrected chi connectivity index (χ4v) is 3.30. The molecule has 24 heavy (non-hydrogen) atoms. The molecule has 0 bridgehead atoms. The van der Waals surface area contributed by atoms with Gasteiger partial charge in [0.15, 0.2) is 0 Å². The van der Waals surface area contributed by atoms with E-state index in [2.05, 4.69) is 16.1 Å². The molecule has 3 heterocycles. The lowest BCUT2D eigenvalue weighted by molar-refractivity contribution is -0.130. The van der Waals surface area contributed by atoms with E-state index in [4.69, 9.17) is 11.6 Å². The number of pyridine rings is 1. The number of piperidine rings is 1. The summed E-state index contributed by atoms with van der Waals surface area (Å²) < 4.78 is 1.93. The van der Waals surface area contributed by atoms with E-state index in [-0.39, 0.29) is 5.91 Å². The number of rotatable bonds is 4. The maximum Gasteiger partial charge on any atom is 0.242 e. The number of aryl methyl sites for hydroxylation is 1. The van der Waals surface area contributed by atoms with Gasteiger partial charge in [0.05, 0.1) is 11.6 Å². The Morgan fingerprint density at radius 3 is 2.67 bits per heavy atom. The maximum absolute atomic E-state index is 12.5. The number of carbonyl (C=O) groups excluding carboxylic acids is 1. The number of likely N-dealkylation sites (tertiary alicyclic amines) is 1. The predicted molar refractivity (Wildman–Crippen MR) is 94.3 cm³/mol. The molecule has 0 aliphatic carbocycles. The first-order valence-corrected chi connectivity index (χ1v) is 8.51. The molecule has 1 fully saturated rings. The van der Waals surface area contributed by atoms with Crippen LogP contribution >= 0.6 is 11.6 Å². The highest BCUT2D eigenvalue weighted by molar-refractivity contribution is 6.30. The molecule has 1 aliphatic heterocycles. The van der Waals surface area contributed by atoms with Crippen LogP contribution in [0.4, 0.5) is 5.82 Å². The van der Waals surface area contributed by atoms with Crippen LogP contribution in [-0.4, -0.2) is 52.3 Å². The zero-order valence-electron chi connectivity index (χ0n) is 14.0. The average Bonchev–Trinajstić information content (AvgIpc) is 3.01. The summed E-state index contributed by atoms with van der Waals surface area (Å²) in [6, 6.07) is 5.68. The zero-order valence-corrected chi connectivity index (χ0v) is 14.8. The van der Waals surface area contributed by atoms with E-state index >= 15 is 0 Å². The SMILES string of the molecule is CN(CC(=O)N1CCC(c2ccnn2C)CC1)c1ccc(Cl)cn1. The van der Waals surface area contributed by atoms with Gasteiger partial charge in [-0.15, -0.1) is 0 Å². The Hall–Kier alpha value is -2.08. The van der Waals surface area contributed by atoms with Gasteiger partial charge in [-0.05, 0) is 31.0 Å². The summed E-state index contributed by atoms with van der Waals surface area (Å²) in [7, 11) is 3.84. The van der Waals surface area contributed by atoms with E-state index in [0.717, 1.165) is 31.7 Å². The first-order valence-electron chi connectivity index (χ1n) is 8.13. The van der Waals surface area contributed by atoms with E-state index in [1.54, 1.807) is 12.3 Å². The van der Waals surface area contributed by atoms with Crippen molar-refractivity contribution in [3.63, 3.8) is 0 Å². The van der Waals surface area contributed by atoms with E-state index < -0.39 is 0 Å². The molecule has 0 atom stereocenters. The van der Waals surface area contributed by atoms with Crippen LogP contribution in [-0.2, 0) is 11.8 Å². The molecular formula is C17H22ClN5O. The molecule has 1 saturated heterocycles. The van der Waals surface area contributed by atoms with Crippen molar-refractivity contribution in [2.24, 2.45) is 7.05 Å². The Bertz CT molecular complexity index is 691. The molecule has 6 nitrogen and oxygen atoms in total. The molecule has 128 valence electrons. The lowest BCUT2D eigenvalue weighted by Gasteiger charge is -2.33. The monoisotopic (exact) mass is 347 g/mol. The second kappa shape index (κ2) is 7.21. The van der Waals surface area contributed by atoms with Crippen molar-refractivity contribution < 1.29 is 4.79 Å². The van der Waals surface area contributed by atoms with Gasteiger partial charge in [0, 0.05) is 51.2 Å². The number of hydrogen-bond acceptors (Lipinski definition) is 4. The first-order chi connectivity index (χ1) is 11.5. The fourth-order valence-electron chi connectivity index (χ4n) is 3.19. The smallest absolute Gasteiger partial charge is 0.242 e. The fraction of sp³-hybridized carbons (Fsp3) is 0.471. The molecule has 3 rings (SSSR count). The van der Waals surface area contributed by atoms with Gasteiger partial charge in [-0.1, -0.05) is 11.6 Å². The minimum absolute atomic E-state index is 0.137. The summed E-state index contributed by atoms with van der Waals surface area (Å²) >= 11 is 5.85. The highest BCUT2D eigenvalue weighted by Crippen LogP contribution is 2.27. The molecule has 0 radical (unpaired) electrons. The normalized spacial score (nSPS) is 15.5. The summed E-state index contributed by atoms with van der Waals surface area (Å²) in [5.74, 6) is 1.37. The molecular weight excluding hydrogens is 326 g/mol. The van der Waals surface area contributed by atoms with E-state index in [1.807, 2.05) is 40.8 Å². The molecule has 0 saturated carbocycles. The third kappa shape index (κ3) is 3.70. The van der Waals surface area contributed by atoms with Crippen LogP contribution in [0.3, 0.4) is 0 Å². The third-order valence-corrected chi connectivity index (χ3v) is 4.82. The van der Waals surface area contributed by atoms with Crippen LogP contribution in [0, 0.1) is 0 Å². The van der Waals surface area contributed by atoms with E-state index in [9.17, 15) is 4.79 Å². The standard InChI is InChI=1S/C17H22ClN5O/c1-21(16-4-3-14(18)11-19-16)12-17(24)23-9-6-13(7-10-23)15-5-8-20-22(15)2/h3-5,8,11,13H,6-7,9-10,12H2,1-2H3. The first kappa shape index (κ1) is 16.8. The van der Waals surface area contributed by atoms with Crippen LogP contribution in [0.25, 0.3) is 0 Å². The Labute approximate surface area is 147 Å². The van der Waals surface area contributed by atoms with Gasteiger partial charge in [0.2, 0.25) is 5.91 Å². The van der Waals surface area contributed by atoms with Gasteiger partial charge < -0.3 is 9.80 Å². The lowest BCUT2D eigenvalue weighted by Crippen LogP contribution is -2.43. The summed E-state index contributed by atoms with van der Waals surface area (Å²) in [6.45, 7) is 1.90. The number of amides is 1. The molecule has 2 aromatic heterocycles. The van der Waals surface area contributed by atoms with Gasteiger partial charge in [-0.3, -0.25) is 9.48 Å². The second-order valence-electron chi connectivity index (χ2n) is 6.23. The molecule has 0 spiro atoms. The van der Waals surface area contributed by atoms with E-state index in [1.165, 1.54) is 5.69 Å². The lowest BCUT2D eigenvalue weighted by atomic mass is 9.93. The number of anilines is 1. The van der Waals surface area contributed by atoms with Crippen molar-refractivity contribution >= 4 is 23.3 Å². The van der Waals surface area contributed by atoms with Crippen molar-refractivity contribution in [1.82, 2.24) is 19.7 Å². The summed E-state index contributed by atoms with van der Waals surface area (Å²) in [5.41, 5.74) is 1.25. The van der Waals surface area contributed by atoms with Gasteiger partial charge in [0.25, 0.3) is 0 Å². The number of halogens is 1. The Balaban J connectivity index is 1.53. The highest BCUT2D eigenvalue weighted by atomic mass is 35.5. The molecule has 2 aromatic rings. The third-order valence-electron chi connectivity index (χ3n) is 4.60. The van der Waals surface area contributed by atoms with Crippen LogP contribution < -0.4 is 4.90 Å². The van der Waals surface area contributed by atoms with Crippen molar-refractivity contribution in [3.8, 4) is 0 Å². The van der Waals surface area contributed by atoms with Gasteiger partial charge >= 0.3 is 0 Å². The highest BCUT2D eigenvalue weighted by Gasteiger charge is 2.25. The van der Waals surface area contributed by atoms with E-state index in [0.29, 0.717) is 17.5 Å². The van der Waals surface area contributed by atoms with Crippen molar-refractivity contribution in [1.29, 1.82) is 0 Å². The van der Waals surface area contributed by atoms with Crippen LogP contribution in [0.15, 0.2) is 30.6 Å². The Morgan fingerprint density at radius 2 is 2.08 bits per heavy atom. The number of nitrogens with zero attached hydrogens (tertiary/aromatic N) is 5. The van der Waals surface area contributed by atoms with Crippen LogP contribution in [0.2, 0.25) is 5.02 Å². The maximum atomic E-state index is 12.5. The quantitative estimate of drug-likeness (QED) is 0.851. The van der Waals surface area contributed by atoms with Crippen LogP contribution in [0.1, 0.15) is 24.5 Å². The number of aromatic nitrogens is 3. The Morgan fingerprint density at radius 1 is 1.33 bits per heavy atom. The van der Waals surface area contributed by atoms with Crippen molar-refractivity contribution in [2.75, 3.05) is 31.6 Å². The average molecular weight is 348 g/mol. The largest absolute Gasteiger partial charge is 0.350 e. The molecule has 0 N–H and O–H groups in total. The molecule has 0 unspecified atom stereocenters. The number of hydrogen-bond donors (Lipinski definition) is 0. The second-order valence-corrected chi connectivity index (χ2v) is 6.66. The molecule has 0 aromatic carbocycles. The minimum atomic E-state index is 0.137. The minimum Gasteiger partial charge on any atom is -0.350 e. The number of likely N-dealkylation sites (N-methyl/N-ethyl adjacent to an activating group) is 1. The topological polar surface area (TPSA) is 54.3 Å². The zero-order chi connectivity index (χ0) is 17.1. The molecule has 7 heteroatoms. The van der Waals surface area contributed by atoms with Gasteiger partial charge in [0.1, 0.15) is 5.82 Å². The van der Waals surface area contributed by atoms with Crippen molar-refractivity contribution in [2.45, 2.75) is 18.8 Å². The predicted octanol–water partition coefficient (Wildman–Crippen LogP) is 2.31. The van der Waals surface area contributed by atoms with Crippen molar-refractivity contribution in [3.05, 3.63) is 41.3 Å². The summed E-state index contributed by atoms with van der Waals surface area (Å²) in [6.07, 6.45) is 5.39. The van der Waals surface area contributed by atoms with Gasteiger partial charge in [-0.25, -0.2) is 4.98 Å². The summed E-state index contributed by atoms with van der Waals surface area (Å²) in [4.78, 5) is 20.6. The molecule has 1 aliphatic rings. The van der Waals surface area contributed by atoms with Gasteiger partial charge in [-0.2, -0.15) is 5.10 Å². The number of carbonyl (C=O) groups is 1. The summed E-state index contributed by atoms with van der Waals surface area (Å²) in [5, 5.41) is 4.83. The molecule has 1 amide bonds. The Kier molecular flexibility index (Phi) is 5.04. The van der Waals surface area contributed by atoms with Crippen LogP contribution in [0.5, 0.6) is 0 Å².